The van der Waals surface area contributed by atoms with Gasteiger partial charge >= 0.3 is 0 Å². The Kier molecular flexibility index (Phi) is 7.94. The molecule has 0 radical (unpaired) electrons. The summed E-state index contributed by atoms with van der Waals surface area (Å²) in [4.78, 5) is 2.20. The number of hydrogen-bond donors (Lipinski definition) is 0. The fourth-order valence-electron chi connectivity index (χ4n) is 5.75. The van der Waals surface area contributed by atoms with Crippen LogP contribution in [0.1, 0.15) is 17.5 Å². The Morgan fingerprint density at radius 2 is 1.10 bits per heavy atom. The van der Waals surface area contributed by atoms with Gasteiger partial charge in [0.05, 0.1) is 19.6 Å². The first-order valence-corrected chi connectivity index (χ1v) is 13.2. The molecular formula is C33H33F2NO4. The number of piperidine rings is 1. The lowest BCUT2D eigenvalue weighted by atomic mass is 9.59. The number of methoxy groups -OCH3 is 2. The van der Waals surface area contributed by atoms with Crippen molar-refractivity contribution < 1.29 is 27.7 Å². The predicted octanol–water partition coefficient (Wildman–Crippen LogP) is 6.50. The van der Waals surface area contributed by atoms with Gasteiger partial charge in [-0.25, -0.2) is 8.78 Å². The molecule has 1 aliphatic rings. The predicted molar refractivity (Wildman–Crippen MR) is 151 cm³/mol. The Labute approximate surface area is 233 Å². The molecule has 7 heteroatoms. The van der Waals surface area contributed by atoms with Crippen LogP contribution in [0.2, 0.25) is 0 Å². The van der Waals surface area contributed by atoms with Crippen molar-refractivity contribution in [3.63, 3.8) is 0 Å². The minimum atomic E-state index is -1.01. The number of likely N-dealkylation sites (tertiary alicyclic amines) is 1. The van der Waals surface area contributed by atoms with Crippen molar-refractivity contribution in [3.05, 3.63) is 120 Å². The van der Waals surface area contributed by atoms with Gasteiger partial charge < -0.3 is 23.8 Å². The smallest absolute Gasteiger partial charge is 0.169 e. The first-order valence-electron chi connectivity index (χ1n) is 13.2. The van der Waals surface area contributed by atoms with E-state index in [1.54, 1.807) is 38.5 Å². The van der Waals surface area contributed by atoms with Crippen molar-refractivity contribution in [3.8, 4) is 23.0 Å². The molecule has 4 aromatic carbocycles. The van der Waals surface area contributed by atoms with Crippen LogP contribution in [0.4, 0.5) is 8.78 Å². The van der Waals surface area contributed by atoms with Gasteiger partial charge in [0.25, 0.3) is 0 Å². The Morgan fingerprint density at radius 1 is 0.650 bits per heavy atom. The highest BCUT2D eigenvalue weighted by molar-refractivity contribution is 5.47. The molecule has 0 N–H and O–H groups in total. The molecular weight excluding hydrogens is 512 g/mol. The van der Waals surface area contributed by atoms with Gasteiger partial charge in [-0.1, -0.05) is 24.3 Å². The Morgan fingerprint density at radius 3 is 1.57 bits per heavy atom. The minimum Gasteiger partial charge on any atom is -0.497 e. The largest absolute Gasteiger partial charge is 0.497 e. The van der Waals surface area contributed by atoms with Crippen LogP contribution in [-0.2, 0) is 5.41 Å². The van der Waals surface area contributed by atoms with E-state index in [0.717, 1.165) is 23.4 Å². The summed E-state index contributed by atoms with van der Waals surface area (Å²) in [6.45, 7) is 1.39. The van der Waals surface area contributed by atoms with E-state index in [1.807, 2.05) is 55.6 Å². The number of benzene rings is 4. The first-order chi connectivity index (χ1) is 19.4. The van der Waals surface area contributed by atoms with Crippen molar-refractivity contribution >= 4 is 0 Å². The van der Waals surface area contributed by atoms with E-state index in [9.17, 15) is 8.78 Å². The van der Waals surface area contributed by atoms with Crippen LogP contribution in [0.5, 0.6) is 23.0 Å². The Balaban J connectivity index is 1.69. The summed E-state index contributed by atoms with van der Waals surface area (Å²) in [5.41, 5.74) is -0.0989. The molecule has 1 fully saturated rings. The second-order valence-electron chi connectivity index (χ2n) is 10.1. The zero-order valence-electron chi connectivity index (χ0n) is 22.9. The molecule has 1 aliphatic heterocycles. The lowest BCUT2D eigenvalue weighted by Crippen LogP contribution is -2.68. The summed E-state index contributed by atoms with van der Waals surface area (Å²) >= 11 is 0. The normalized spacial score (nSPS) is 18.6. The molecule has 0 saturated carbocycles. The molecule has 0 spiro atoms. The fraction of sp³-hybridized carbons (Fsp3) is 0.273. The molecule has 1 unspecified atom stereocenters. The first kappa shape index (κ1) is 27.5. The highest BCUT2D eigenvalue weighted by Gasteiger charge is 2.59. The molecule has 5 rings (SSSR count). The van der Waals surface area contributed by atoms with Gasteiger partial charge in [-0.3, -0.25) is 0 Å². The Hall–Kier alpha value is -4.10. The molecule has 0 bridgehead atoms. The molecule has 208 valence electrons. The summed E-state index contributed by atoms with van der Waals surface area (Å²) in [6, 6.07) is 27.8. The molecule has 0 aromatic heterocycles. The van der Waals surface area contributed by atoms with Gasteiger partial charge in [0.2, 0.25) is 0 Å². The molecule has 0 aliphatic carbocycles. The van der Waals surface area contributed by atoms with Gasteiger partial charge in [-0.2, -0.15) is 0 Å². The van der Waals surface area contributed by atoms with Gasteiger partial charge in [-0.15, -0.1) is 0 Å². The van der Waals surface area contributed by atoms with Crippen molar-refractivity contribution in [2.75, 3.05) is 41.0 Å². The van der Waals surface area contributed by atoms with Crippen molar-refractivity contribution in [2.24, 2.45) is 0 Å². The molecule has 1 atom stereocenters. The van der Waals surface area contributed by atoms with Crippen LogP contribution in [0, 0.1) is 11.6 Å². The van der Waals surface area contributed by atoms with E-state index in [1.165, 1.54) is 24.3 Å². The summed E-state index contributed by atoms with van der Waals surface area (Å²) in [5.74, 6) is 2.05. The van der Waals surface area contributed by atoms with E-state index in [2.05, 4.69) is 4.90 Å². The molecule has 0 amide bonds. The number of rotatable bonds is 9. The zero-order chi connectivity index (χ0) is 28.2. The molecule has 1 heterocycles. The van der Waals surface area contributed by atoms with Gasteiger partial charge in [-0.05, 0) is 104 Å². The molecule has 4 aromatic rings. The number of nitrogens with zero attached hydrogens (tertiary/aromatic N) is 1. The number of likely N-dealkylation sites (N-methyl/N-ethyl adjacent to an activating group) is 1. The van der Waals surface area contributed by atoms with Crippen LogP contribution in [0.3, 0.4) is 0 Å². The van der Waals surface area contributed by atoms with Crippen LogP contribution < -0.4 is 18.9 Å². The van der Waals surface area contributed by atoms with E-state index in [4.69, 9.17) is 18.9 Å². The fourth-order valence-corrected chi connectivity index (χ4v) is 5.75. The summed E-state index contributed by atoms with van der Waals surface area (Å²) in [5, 5.41) is 0. The van der Waals surface area contributed by atoms with Crippen LogP contribution >= 0.6 is 0 Å². The van der Waals surface area contributed by atoms with Crippen LogP contribution in [0.25, 0.3) is 0 Å². The van der Waals surface area contributed by atoms with Crippen LogP contribution in [-0.4, -0.2) is 51.5 Å². The molecule has 40 heavy (non-hydrogen) atoms. The zero-order valence-corrected chi connectivity index (χ0v) is 22.9. The van der Waals surface area contributed by atoms with Crippen LogP contribution in [0.15, 0.2) is 97.1 Å². The molecule has 5 nitrogen and oxygen atoms in total. The van der Waals surface area contributed by atoms with E-state index < -0.39 is 11.0 Å². The number of hydrogen-bond acceptors (Lipinski definition) is 5. The van der Waals surface area contributed by atoms with E-state index in [-0.39, 0.29) is 18.2 Å². The maximum Gasteiger partial charge on any atom is 0.169 e. The van der Waals surface area contributed by atoms with Gasteiger partial charge in [0, 0.05) is 6.54 Å². The van der Waals surface area contributed by atoms with Crippen molar-refractivity contribution in [1.82, 2.24) is 4.90 Å². The summed E-state index contributed by atoms with van der Waals surface area (Å²) in [6.07, 6.45) is 0.628. The summed E-state index contributed by atoms with van der Waals surface area (Å²) in [7, 11) is 5.27. The second-order valence-corrected chi connectivity index (χ2v) is 10.1. The third-order valence-electron chi connectivity index (χ3n) is 7.75. The van der Waals surface area contributed by atoms with Gasteiger partial charge in [0.1, 0.15) is 41.2 Å². The third kappa shape index (κ3) is 5.34. The number of halogens is 2. The van der Waals surface area contributed by atoms with E-state index in [0.29, 0.717) is 30.2 Å². The minimum absolute atomic E-state index is 0.157. The average Bonchev–Trinajstić information content (AvgIpc) is 2.98. The molecule has 1 saturated heterocycles. The monoisotopic (exact) mass is 545 g/mol. The maximum absolute atomic E-state index is 14.2. The number of ether oxygens (including phenoxy) is 4. The lowest BCUT2D eigenvalue weighted by Gasteiger charge is -2.55. The standard InChI is InChI=1S/C33H33F2NO4/c1-36-21-20-33(24-4-8-26(34)9-5-24,25-6-10-27(35)11-7-25)32(22-36,40-31-18-14-29(38-3)15-19-31)23-39-30-16-12-28(37-2)13-17-30/h4-19H,20-23H2,1-3H3. The quantitative estimate of drug-likeness (QED) is 0.240. The highest BCUT2D eigenvalue weighted by Crippen LogP contribution is 2.50. The maximum atomic E-state index is 14.2. The van der Waals surface area contributed by atoms with E-state index >= 15 is 0 Å². The second kappa shape index (κ2) is 11.6. The lowest BCUT2D eigenvalue weighted by molar-refractivity contribution is -0.0814. The average molecular weight is 546 g/mol. The SMILES string of the molecule is COc1ccc(OCC2(Oc3ccc(OC)cc3)CN(C)CCC2(c2ccc(F)cc2)c2ccc(F)cc2)cc1. The Bertz CT molecular complexity index is 1350. The summed E-state index contributed by atoms with van der Waals surface area (Å²) < 4.78 is 52.6. The van der Waals surface area contributed by atoms with Crippen molar-refractivity contribution in [1.29, 1.82) is 0 Å². The van der Waals surface area contributed by atoms with Gasteiger partial charge in [0.15, 0.2) is 5.60 Å². The highest BCUT2D eigenvalue weighted by atomic mass is 19.1. The third-order valence-corrected chi connectivity index (χ3v) is 7.75. The topological polar surface area (TPSA) is 40.2 Å². The van der Waals surface area contributed by atoms with Crippen molar-refractivity contribution in [2.45, 2.75) is 17.4 Å².